The number of rotatable bonds is 6. The van der Waals surface area contributed by atoms with E-state index >= 15 is 0 Å². The normalized spacial score (nSPS) is 24.3. The first kappa shape index (κ1) is 15.9. The summed E-state index contributed by atoms with van der Waals surface area (Å²) in [4.78, 5) is 21.8. The van der Waals surface area contributed by atoms with Gasteiger partial charge in [0.05, 0.1) is 18.8 Å². The van der Waals surface area contributed by atoms with Crippen LogP contribution in [0, 0.1) is 11.8 Å². The molecule has 1 fully saturated rings. The summed E-state index contributed by atoms with van der Waals surface area (Å²) in [6, 6.07) is 0. The third-order valence-electron chi connectivity index (χ3n) is 3.30. The minimum absolute atomic E-state index is 0.0110. The first-order chi connectivity index (χ1) is 8.77. The Morgan fingerprint density at radius 1 is 1.37 bits per heavy atom. The topological polar surface area (TPSA) is 101 Å². The second-order valence-electron chi connectivity index (χ2n) is 4.73. The fourth-order valence-electron chi connectivity index (χ4n) is 2.10. The summed E-state index contributed by atoms with van der Waals surface area (Å²) in [5.74, 6) is -2.45. The van der Waals surface area contributed by atoms with E-state index in [1.54, 1.807) is 6.92 Å². The Morgan fingerprint density at radius 3 is 2.47 bits per heavy atom. The number of methoxy groups -OCH3 is 1. The molecule has 0 amide bonds. The highest BCUT2D eigenvalue weighted by Gasteiger charge is 2.39. The van der Waals surface area contributed by atoms with Crippen molar-refractivity contribution in [2.45, 2.75) is 19.8 Å². The average Bonchev–Trinajstić information content (AvgIpc) is 2.71. The van der Waals surface area contributed by atoms with Crippen LogP contribution in [0.25, 0.3) is 0 Å². The van der Waals surface area contributed by atoms with E-state index in [2.05, 4.69) is 4.74 Å². The van der Waals surface area contributed by atoms with Gasteiger partial charge in [0.25, 0.3) is 0 Å². The maximum Gasteiger partial charge on any atom is 0.308 e. The molecule has 1 N–H and O–H groups in total. The molecule has 7 nitrogen and oxygen atoms in total. The van der Waals surface area contributed by atoms with Crippen LogP contribution in [-0.2, 0) is 24.3 Å². The van der Waals surface area contributed by atoms with Gasteiger partial charge in [-0.05, 0) is 12.3 Å². The molecule has 0 aromatic carbocycles. The lowest BCUT2D eigenvalue weighted by Gasteiger charge is -2.15. The maximum absolute atomic E-state index is 12.0. The smallest absolute Gasteiger partial charge is 0.308 e. The molecule has 0 aromatic rings. The number of sulfonamides is 1. The number of carbonyl (C=O) groups is 2. The number of ether oxygens (including phenoxy) is 1. The average molecular weight is 293 g/mol. The number of carbonyl (C=O) groups excluding carboxylic acids is 1. The molecule has 0 bridgehead atoms. The first-order valence-corrected chi connectivity index (χ1v) is 7.66. The van der Waals surface area contributed by atoms with Gasteiger partial charge in [0.2, 0.25) is 10.0 Å². The standard InChI is InChI=1S/C11H19NO6S/c1-8-6-12(7-9(8)11(14)15)19(16,17)5-3-4-10(13)18-2/h8-9H,3-7H2,1-2H3,(H,14,15). The molecule has 0 aromatic heterocycles. The number of hydrogen-bond acceptors (Lipinski definition) is 5. The van der Waals surface area contributed by atoms with Crippen molar-refractivity contribution < 1.29 is 27.9 Å². The molecule has 1 heterocycles. The third-order valence-corrected chi connectivity index (χ3v) is 5.19. The van der Waals surface area contributed by atoms with Gasteiger partial charge in [-0.15, -0.1) is 0 Å². The van der Waals surface area contributed by atoms with E-state index in [1.165, 1.54) is 11.4 Å². The molecule has 8 heteroatoms. The van der Waals surface area contributed by atoms with Gasteiger partial charge in [-0.1, -0.05) is 6.92 Å². The summed E-state index contributed by atoms with van der Waals surface area (Å²) >= 11 is 0. The van der Waals surface area contributed by atoms with E-state index in [-0.39, 0.29) is 37.6 Å². The molecule has 19 heavy (non-hydrogen) atoms. The van der Waals surface area contributed by atoms with Gasteiger partial charge >= 0.3 is 11.9 Å². The Morgan fingerprint density at radius 2 is 2.00 bits per heavy atom. The van der Waals surface area contributed by atoms with Gasteiger partial charge in [-0.3, -0.25) is 9.59 Å². The fraction of sp³-hybridized carbons (Fsp3) is 0.818. The Balaban J connectivity index is 2.55. The molecule has 0 spiro atoms. The summed E-state index contributed by atoms with van der Waals surface area (Å²) in [5, 5.41) is 8.97. The summed E-state index contributed by atoms with van der Waals surface area (Å²) in [6.07, 6.45) is 0.221. The van der Waals surface area contributed by atoms with Crippen molar-refractivity contribution in [2.24, 2.45) is 11.8 Å². The van der Waals surface area contributed by atoms with Gasteiger partial charge in [-0.2, -0.15) is 0 Å². The quantitative estimate of drug-likeness (QED) is 0.687. The first-order valence-electron chi connectivity index (χ1n) is 6.05. The minimum atomic E-state index is -3.50. The van der Waals surface area contributed by atoms with Gasteiger partial charge in [0, 0.05) is 19.5 Å². The number of esters is 1. The predicted octanol–water partition coefficient (Wildman–Crippen LogP) is -0.0781. The van der Waals surface area contributed by atoms with Crippen molar-refractivity contribution in [3.8, 4) is 0 Å². The zero-order chi connectivity index (χ0) is 14.6. The molecule has 0 saturated carbocycles. The molecule has 1 aliphatic rings. The Bertz CT molecular complexity index is 446. The van der Waals surface area contributed by atoms with E-state index in [4.69, 9.17) is 5.11 Å². The van der Waals surface area contributed by atoms with Crippen LogP contribution in [0.1, 0.15) is 19.8 Å². The molecular weight excluding hydrogens is 274 g/mol. The molecule has 110 valence electrons. The summed E-state index contributed by atoms with van der Waals surface area (Å²) < 4.78 is 29.6. The lowest BCUT2D eigenvalue weighted by molar-refractivity contribution is -0.142. The van der Waals surface area contributed by atoms with Crippen LogP contribution in [0.15, 0.2) is 0 Å². The van der Waals surface area contributed by atoms with Crippen molar-refractivity contribution in [3.63, 3.8) is 0 Å². The number of aliphatic carboxylic acids is 1. The van der Waals surface area contributed by atoms with Crippen molar-refractivity contribution in [1.29, 1.82) is 0 Å². The lowest BCUT2D eigenvalue weighted by atomic mass is 9.99. The number of nitrogens with zero attached hydrogens (tertiary/aromatic N) is 1. The molecule has 0 aliphatic carbocycles. The van der Waals surface area contributed by atoms with Crippen LogP contribution < -0.4 is 0 Å². The SMILES string of the molecule is COC(=O)CCCS(=O)(=O)N1CC(C)C(C(=O)O)C1. The zero-order valence-corrected chi connectivity index (χ0v) is 11.9. The van der Waals surface area contributed by atoms with Crippen molar-refractivity contribution in [3.05, 3.63) is 0 Å². The monoisotopic (exact) mass is 293 g/mol. The van der Waals surface area contributed by atoms with E-state index in [0.29, 0.717) is 0 Å². The molecular formula is C11H19NO6S. The fourth-order valence-corrected chi connectivity index (χ4v) is 3.72. The highest BCUT2D eigenvalue weighted by atomic mass is 32.2. The second-order valence-corrected chi connectivity index (χ2v) is 6.82. The zero-order valence-electron chi connectivity index (χ0n) is 11.0. The molecule has 1 rings (SSSR count). The van der Waals surface area contributed by atoms with Gasteiger partial charge in [0.15, 0.2) is 0 Å². The van der Waals surface area contributed by atoms with Crippen LogP contribution in [0.3, 0.4) is 0 Å². The van der Waals surface area contributed by atoms with E-state index in [1.807, 2.05) is 0 Å². The summed E-state index contributed by atoms with van der Waals surface area (Å²) in [5.41, 5.74) is 0. The van der Waals surface area contributed by atoms with Crippen molar-refractivity contribution in [1.82, 2.24) is 4.31 Å². The van der Waals surface area contributed by atoms with Crippen molar-refractivity contribution in [2.75, 3.05) is 26.0 Å². The molecule has 0 radical (unpaired) electrons. The lowest BCUT2D eigenvalue weighted by Crippen LogP contribution is -2.32. The highest BCUT2D eigenvalue weighted by Crippen LogP contribution is 2.26. The van der Waals surface area contributed by atoms with Crippen molar-refractivity contribution >= 4 is 22.0 Å². The largest absolute Gasteiger partial charge is 0.481 e. The predicted molar refractivity (Wildman–Crippen MR) is 66.9 cm³/mol. The second kappa shape index (κ2) is 6.33. The summed E-state index contributed by atoms with van der Waals surface area (Å²) in [6.45, 7) is 1.96. The molecule has 2 unspecified atom stereocenters. The molecule has 1 aliphatic heterocycles. The van der Waals surface area contributed by atoms with Gasteiger partial charge < -0.3 is 9.84 Å². The Kier molecular flexibility index (Phi) is 5.30. The van der Waals surface area contributed by atoms with Gasteiger partial charge in [-0.25, -0.2) is 12.7 Å². The maximum atomic E-state index is 12.0. The van der Waals surface area contributed by atoms with Gasteiger partial charge in [0.1, 0.15) is 0 Å². The Hall–Kier alpha value is -1.15. The Labute approximate surface area is 112 Å². The van der Waals surface area contributed by atoms with Crippen LogP contribution in [0.5, 0.6) is 0 Å². The van der Waals surface area contributed by atoms with Crippen LogP contribution in [-0.4, -0.2) is 55.7 Å². The molecule has 2 atom stereocenters. The highest BCUT2D eigenvalue weighted by molar-refractivity contribution is 7.89. The van der Waals surface area contributed by atoms with Crippen LogP contribution in [0.2, 0.25) is 0 Å². The molecule has 1 saturated heterocycles. The van der Waals surface area contributed by atoms with E-state index < -0.39 is 27.9 Å². The van der Waals surface area contributed by atoms with Crippen LogP contribution >= 0.6 is 0 Å². The minimum Gasteiger partial charge on any atom is -0.481 e. The van der Waals surface area contributed by atoms with E-state index in [0.717, 1.165) is 0 Å². The number of carboxylic acids is 1. The van der Waals surface area contributed by atoms with E-state index in [9.17, 15) is 18.0 Å². The number of carboxylic acid groups (broad SMARTS) is 1. The number of hydrogen-bond donors (Lipinski definition) is 1. The van der Waals surface area contributed by atoms with Crippen LogP contribution in [0.4, 0.5) is 0 Å². The third kappa shape index (κ3) is 4.17. The summed E-state index contributed by atoms with van der Waals surface area (Å²) in [7, 11) is -2.25.